The van der Waals surface area contributed by atoms with Crippen LogP contribution < -0.4 is 10.5 Å². The number of esters is 1. The number of pyridine rings is 1. The number of hydrogen-bond acceptors (Lipinski definition) is 5. The monoisotopic (exact) mass is 276 g/mol. The highest BCUT2D eigenvalue weighted by atomic mass is 19.1. The number of benzene rings is 1. The summed E-state index contributed by atoms with van der Waals surface area (Å²) in [5.74, 6) is -1.17. The largest absolute Gasteiger partial charge is 0.465 e. The minimum absolute atomic E-state index is 0.000237. The van der Waals surface area contributed by atoms with Crippen molar-refractivity contribution >= 4 is 11.7 Å². The highest BCUT2D eigenvalue weighted by Gasteiger charge is 2.16. The zero-order chi connectivity index (χ0) is 14.7. The third-order valence-corrected chi connectivity index (χ3v) is 2.72. The Labute approximate surface area is 115 Å². The van der Waals surface area contributed by atoms with E-state index < -0.39 is 11.8 Å². The highest BCUT2D eigenvalue weighted by molar-refractivity contribution is 5.96. The number of rotatable bonds is 3. The summed E-state index contributed by atoms with van der Waals surface area (Å²) < 4.78 is 23.8. The first kappa shape index (κ1) is 13.8. The Bertz CT molecular complexity index is 659. The number of carbonyl (C=O) groups is 1. The van der Waals surface area contributed by atoms with Crippen LogP contribution in [0.5, 0.6) is 11.6 Å². The van der Waals surface area contributed by atoms with Gasteiger partial charge in [0.25, 0.3) is 0 Å². The van der Waals surface area contributed by atoms with Crippen LogP contribution in [0.25, 0.3) is 0 Å². The number of hydrogen-bond donors (Lipinski definition) is 1. The van der Waals surface area contributed by atoms with Crippen LogP contribution in [0.3, 0.4) is 0 Å². The molecule has 0 saturated heterocycles. The Morgan fingerprint density at radius 3 is 2.80 bits per heavy atom. The Balaban J connectivity index is 2.39. The summed E-state index contributed by atoms with van der Waals surface area (Å²) in [6.07, 6.45) is 1.34. The lowest BCUT2D eigenvalue weighted by Crippen LogP contribution is -2.07. The fourth-order valence-electron chi connectivity index (χ4n) is 1.63. The molecule has 104 valence electrons. The van der Waals surface area contributed by atoms with Crippen molar-refractivity contribution in [2.75, 3.05) is 12.8 Å². The van der Waals surface area contributed by atoms with Gasteiger partial charge >= 0.3 is 5.97 Å². The average molecular weight is 276 g/mol. The number of nitrogen functional groups attached to an aromatic ring is 1. The molecule has 1 aromatic carbocycles. The van der Waals surface area contributed by atoms with Crippen molar-refractivity contribution in [3.8, 4) is 11.6 Å². The fraction of sp³-hybridized carbons (Fsp3) is 0.143. The van der Waals surface area contributed by atoms with Crippen molar-refractivity contribution < 1.29 is 18.7 Å². The molecule has 1 aromatic heterocycles. The summed E-state index contributed by atoms with van der Waals surface area (Å²) in [4.78, 5) is 15.4. The molecular formula is C14H13FN2O3. The van der Waals surface area contributed by atoms with Gasteiger partial charge in [0, 0.05) is 6.20 Å². The van der Waals surface area contributed by atoms with Gasteiger partial charge in [-0.1, -0.05) is 12.1 Å². The molecular weight excluding hydrogens is 263 g/mol. The predicted molar refractivity (Wildman–Crippen MR) is 71.2 cm³/mol. The van der Waals surface area contributed by atoms with Gasteiger partial charge in [-0.25, -0.2) is 14.2 Å². The molecule has 1 heterocycles. The van der Waals surface area contributed by atoms with E-state index in [4.69, 9.17) is 10.5 Å². The van der Waals surface area contributed by atoms with Crippen molar-refractivity contribution in [2.45, 2.75) is 6.92 Å². The maximum absolute atomic E-state index is 13.9. The van der Waals surface area contributed by atoms with E-state index in [1.807, 2.05) is 0 Å². The first-order chi connectivity index (χ1) is 9.54. The van der Waals surface area contributed by atoms with Gasteiger partial charge in [0.2, 0.25) is 5.88 Å². The molecule has 0 atom stereocenters. The summed E-state index contributed by atoms with van der Waals surface area (Å²) in [6.45, 7) is 1.61. The van der Waals surface area contributed by atoms with Crippen LogP contribution in [0.2, 0.25) is 0 Å². The summed E-state index contributed by atoms with van der Waals surface area (Å²) in [5, 5.41) is 0. The van der Waals surface area contributed by atoms with Crippen LogP contribution in [0.15, 0.2) is 30.5 Å². The zero-order valence-electron chi connectivity index (χ0n) is 11.0. The zero-order valence-corrected chi connectivity index (χ0v) is 11.0. The van der Waals surface area contributed by atoms with Gasteiger partial charge in [0.1, 0.15) is 5.69 Å². The molecule has 0 aliphatic rings. The number of nitrogens with two attached hydrogens (primary N) is 1. The second-order valence-electron chi connectivity index (χ2n) is 4.06. The summed E-state index contributed by atoms with van der Waals surface area (Å²) in [5.41, 5.74) is 6.34. The second-order valence-corrected chi connectivity index (χ2v) is 4.06. The van der Waals surface area contributed by atoms with Crippen molar-refractivity contribution in [1.82, 2.24) is 4.98 Å². The van der Waals surface area contributed by atoms with Gasteiger partial charge in [-0.2, -0.15) is 0 Å². The number of nitrogens with zero attached hydrogens (tertiary/aromatic N) is 1. The van der Waals surface area contributed by atoms with E-state index >= 15 is 0 Å². The molecule has 2 aromatic rings. The molecule has 0 fully saturated rings. The second kappa shape index (κ2) is 5.56. The van der Waals surface area contributed by atoms with Crippen molar-refractivity contribution in [3.63, 3.8) is 0 Å². The maximum Gasteiger partial charge on any atom is 0.340 e. The van der Waals surface area contributed by atoms with Gasteiger partial charge in [-0.3, -0.25) is 0 Å². The van der Waals surface area contributed by atoms with Crippen molar-refractivity contribution in [2.24, 2.45) is 0 Å². The lowest BCUT2D eigenvalue weighted by Gasteiger charge is -2.11. The molecule has 0 aliphatic carbocycles. The Kier molecular flexibility index (Phi) is 3.84. The molecule has 0 saturated carbocycles. The van der Waals surface area contributed by atoms with Crippen molar-refractivity contribution in [3.05, 3.63) is 47.4 Å². The van der Waals surface area contributed by atoms with Crippen LogP contribution in [0, 0.1) is 12.7 Å². The molecule has 20 heavy (non-hydrogen) atoms. The van der Waals surface area contributed by atoms with Crippen LogP contribution in [-0.4, -0.2) is 18.1 Å². The molecule has 2 N–H and O–H groups in total. The number of carbonyl (C=O) groups excluding carboxylic acids is 1. The fourth-order valence-corrected chi connectivity index (χ4v) is 1.63. The number of ether oxygens (including phenoxy) is 2. The normalized spacial score (nSPS) is 10.2. The van der Waals surface area contributed by atoms with Crippen LogP contribution in [0.4, 0.5) is 10.1 Å². The third-order valence-electron chi connectivity index (χ3n) is 2.72. The predicted octanol–water partition coefficient (Wildman–Crippen LogP) is 2.69. The van der Waals surface area contributed by atoms with E-state index in [1.165, 1.54) is 25.4 Å². The first-order valence-corrected chi connectivity index (χ1v) is 5.80. The Morgan fingerprint density at radius 1 is 1.35 bits per heavy atom. The number of halogens is 1. The molecule has 0 radical (unpaired) electrons. The van der Waals surface area contributed by atoms with E-state index in [2.05, 4.69) is 9.72 Å². The van der Waals surface area contributed by atoms with Gasteiger partial charge in [0.15, 0.2) is 11.6 Å². The number of aryl methyl sites for hydroxylation is 1. The van der Waals surface area contributed by atoms with E-state index in [-0.39, 0.29) is 22.9 Å². The van der Waals surface area contributed by atoms with Gasteiger partial charge in [0.05, 0.1) is 12.7 Å². The third kappa shape index (κ3) is 2.54. The lowest BCUT2D eigenvalue weighted by atomic mass is 10.2. The van der Waals surface area contributed by atoms with E-state index in [1.54, 1.807) is 19.1 Å². The van der Waals surface area contributed by atoms with Crippen molar-refractivity contribution in [1.29, 1.82) is 0 Å². The smallest absolute Gasteiger partial charge is 0.340 e. The molecule has 0 aliphatic heterocycles. The topological polar surface area (TPSA) is 74.4 Å². The van der Waals surface area contributed by atoms with Crippen LogP contribution >= 0.6 is 0 Å². The molecule has 5 nitrogen and oxygen atoms in total. The molecule has 6 heteroatoms. The van der Waals surface area contributed by atoms with E-state index in [0.29, 0.717) is 5.56 Å². The van der Waals surface area contributed by atoms with Gasteiger partial charge in [-0.15, -0.1) is 0 Å². The van der Waals surface area contributed by atoms with Crippen LogP contribution in [-0.2, 0) is 4.74 Å². The summed E-state index contributed by atoms with van der Waals surface area (Å²) in [7, 11) is 1.24. The minimum Gasteiger partial charge on any atom is -0.465 e. The van der Waals surface area contributed by atoms with Gasteiger partial charge in [-0.05, 0) is 24.6 Å². The number of anilines is 1. The number of aromatic nitrogens is 1. The van der Waals surface area contributed by atoms with Gasteiger partial charge < -0.3 is 15.2 Å². The molecule has 0 unspecified atom stereocenters. The van der Waals surface area contributed by atoms with Crippen LogP contribution in [0.1, 0.15) is 15.9 Å². The standard InChI is InChI=1S/C14H13FN2O3/c1-8-4-3-5-10(11(8)15)20-13-12(16)9(6-7-17-13)14(18)19-2/h3-7H,16H2,1-2H3. The average Bonchev–Trinajstić information content (AvgIpc) is 2.45. The Hall–Kier alpha value is -2.63. The summed E-state index contributed by atoms with van der Waals surface area (Å²) >= 11 is 0. The lowest BCUT2D eigenvalue weighted by molar-refractivity contribution is 0.0601. The highest BCUT2D eigenvalue weighted by Crippen LogP contribution is 2.30. The summed E-state index contributed by atoms with van der Waals surface area (Å²) in [6, 6.07) is 6.12. The molecule has 0 amide bonds. The molecule has 0 bridgehead atoms. The maximum atomic E-state index is 13.9. The quantitative estimate of drug-likeness (QED) is 0.872. The Morgan fingerprint density at radius 2 is 2.10 bits per heavy atom. The molecule has 2 rings (SSSR count). The van der Waals surface area contributed by atoms with E-state index in [0.717, 1.165) is 0 Å². The SMILES string of the molecule is COC(=O)c1ccnc(Oc2cccc(C)c2F)c1N. The number of methoxy groups -OCH3 is 1. The van der Waals surface area contributed by atoms with E-state index in [9.17, 15) is 9.18 Å². The minimum atomic E-state index is -0.612. The first-order valence-electron chi connectivity index (χ1n) is 5.80. The molecule has 0 spiro atoms.